The van der Waals surface area contributed by atoms with Crippen LogP contribution in [0.15, 0.2) is 24.3 Å². The molecular weight excluding hydrogens is 300 g/mol. The van der Waals surface area contributed by atoms with Crippen LogP contribution in [0.5, 0.6) is 0 Å². The summed E-state index contributed by atoms with van der Waals surface area (Å²) < 4.78 is 0. The molecule has 118 valence electrons. The Morgan fingerprint density at radius 1 is 1.18 bits per heavy atom. The van der Waals surface area contributed by atoms with Gasteiger partial charge in [-0.1, -0.05) is 36.6 Å². The minimum atomic E-state index is -0.447. The molecule has 5 heteroatoms. The third-order valence-corrected chi connectivity index (χ3v) is 5.39. The number of carbonyl (C=O) groups is 2. The minimum absolute atomic E-state index is 0.149. The van der Waals surface area contributed by atoms with Crippen LogP contribution in [0.4, 0.5) is 0 Å². The van der Waals surface area contributed by atoms with Gasteiger partial charge in [-0.2, -0.15) is 0 Å². The Balaban J connectivity index is 1.86. The first-order chi connectivity index (χ1) is 10.5. The van der Waals surface area contributed by atoms with Gasteiger partial charge >= 0.3 is 0 Å². The van der Waals surface area contributed by atoms with E-state index in [1.54, 1.807) is 0 Å². The first-order valence-corrected chi connectivity index (χ1v) is 8.25. The van der Waals surface area contributed by atoms with Gasteiger partial charge in [-0.15, -0.1) is 0 Å². The molecule has 1 aromatic rings. The summed E-state index contributed by atoms with van der Waals surface area (Å²) in [6, 6.07) is 7.63. The van der Waals surface area contributed by atoms with E-state index in [-0.39, 0.29) is 17.7 Å². The predicted octanol–water partition coefficient (Wildman–Crippen LogP) is 2.49. The van der Waals surface area contributed by atoms with Crippen molar-refractivity contribution in [1.29, 1.82) is 0 Å². The molecule has 3 rings (SSSR count). The highest BCUT2D eigenvalue weighted by atomic mass is 35.5. The SMILES string of the molecule is NC(=O)C1CCN(C(=O)C2(c3ccc(Cl)cc3)CCCC2)C1. The van der Waals surface area contributed by atoms with E-state index in [2.05, 4.69) is 0 Å². The molecule has 1 heterocycles. The number of amides is 2. The van der Waals surface area contributed by atoms with Crippen molar-refractivity contribution in [3.05, 3.63) is 34.9 Å². The van der Waals surface area contributed by atoms with E-state index < -0.39 is 5.41 Å². The lowest BCUT2D eigenvalue weighted by molar-refractivity contribution is -0.136. The number of benzene rings is 1. The van der Waals surface area contributed by atoms with Gasteiger partial charge in [0, 0.05) is 18.1 Å². The van der Waals surface area contributed by atoms with Crippen molar-refractivity contribution >= 4 is 23.4 Å². The number of likely N-dealkylation sites (tertiary alicyclic amines) is 1. The molecule has 2 amide bonds. The van der Waals surface area contributed by atoms with Crippen LogP contribution in [0, 0.1) is 5.92 Å². The second-order valence-corrected chi connectivity index (χ2v) is 6.87. The van der Waals surface area contributed by atoms with E-state index in [4.69, 9.17) is 17.3 Å². The van der Waals surface area contributed by atoms with Gasteiger partial charge < -0.3 is 10.6 Å². The van der Waals surface area contributed by atoms with Crippen LogP contribution >= 0.6 is 11.6 Å². The van der Waals surface area contributed by atoms with Crippen LogP contribution in [-0.2, 0) is 15.0 Å². The van der Waals surface area contributed by atoms with Crippen molar-refractivity contribution in [2.45, 2.75) is 37.5 Å². The fourth-order valence-corrected chi connectivity index (χ4v) is 3.98. The maximum Gasteiger partial charge on any atom is 0.233 e. The number of hydrogen-bond donors (Lipinski definition) is 1. The van der Waals surface area contributed by atoms with E-state index >= 15 is 0 Å². The predicted molar refractivity (Wildman–Crippen MR) is 85.5 cm³/mol. The Morgan fingerprint density at radius 3 is 2.36 bits per heavy atom. The van der Waals surface area contributed by atoms with Crippen LogP contribution in [0.2, 0.25) is 5.02 Å². The molecule has 2 aliphatic rings. The Bertz CT molecular complexity index is 579. The smallest absolute Gasteiger partial charge is 0.233 e. The summed E-state index contributed by atoms with van der Waals surface area (Å²) in [5.74, 6) is -0.356. The summed E-state index contributed by atoms with van der Waals surface area (Å²) in [6.07, 6.45) is 4.52. The van der Waals surface area contributed by atoms with Gasteiger partial charge in [0.15, 0.2) is 0 Å². The van der Waals surface area contributed by atoms with Crippen molar-refractivity contribution < 1.29 is 9.59 Å². The summed E-state index contributed by atoms with van der Waals surface area (Å²) in [6.45, 7) is 1.09. The van der Waals surface area contributed by atoms with Crippen LogP contribution < -0.4 is 5.73 Å². The molecule has 1 saturated heterocycles. The quantitative estimate of drug-likeness (QED) is 0.930. The largest absolute Gasteiger partial charge is 0.369 e. The second-order valence-electron chi connectivity index (χ2n) is 6.44. The second kappa shape index (κ2) is 5.92. The number of nitrogens with two attached hydrogens (primary N) is 1. The molecule has 1 unspecified atom stereocenters. The van der Waals surface area contributed by atoms with Crippen LogP contribution in [-0.4, -0.2) is 29.8 Å². The first-order valence-electron chi connectivity index (χ1n) is 7.88. The molecule has 0 spiro atoms. The maximum atomic E-state index is 13.2. The van der Waals surface area contributed by atoms with Crippen molar-refractivity contribution in [2.75, 3.05) is 13.1 Å². The van der Waals surface area contributed by atoms with Crippen LogP contribution in [0.1, 0.15) is 37.7 Å². The van der Waals surface area contributed by atoms with Gasteiger partial charge in [0.1, 0.15) is 0 Å². The first kappa shape index (κ1) is 15.3. The molecule has 22 heavy (non-hydrogen) atoms. The lowest BCUT2D eigenvalue weighted by Gasteiger charge is -2.33. The molecule has 0 bridgehead atoms. The number of nitrogens with zero attached hydrogens (tertiary/aromatic N) is 1. The topological polar surface area (TPSA) is 63.4 Å². The Hall–Kier alpha value is -1.55. The average molecular weight is 321 g/mol. The average Bonchev–Trinajstić information content (AvgIpc) is 3.17. The number of carbonyl (C=O) groups excluding carboxylic acids is 2. The van der Waals surface area contributed by atoms with Gasteiger partial charge in [-0.25, -0.2) is 0 Å². The van der Waals surface area contributed by atoms with Gasteiger partial charge in [0.05, 0.1) is 11.3 Å². The number of rotatable bonds is 3. The number of primary amides is 1. The van der Waals surface area contributed by atoms with E-state index in [0.717, 1.165) is 31.2 Å². The molecule has 2 fully saturated rings. The van der Waals surface area contributed by atoms with Gasteiger partial charge in [0.25, 0.3) is 0 Å². The molecule has 1 atom stereocenters. The standard InChI is InChI=1S/C17H21ClN2O2/c18-14-5-3-13(4-6-14)17(8-1-2-9-17)16(22)20-10-7-12(11-20)15(19)21/h3-6,12H,1-2,7-11H2,(H2,19,21). The van der Waals surface area contributed by atoms with E-state index in [0.29, 0.717) is 24.5 Å². The lowest BCUT2D eigenvalue weighted by atomic mass is 9.77. The molecule has 0 radical (unpaired) electrons. The minimum Gasteiger partial charge on any atom is -0.369 e. The fourth-order valence-electron chi connectivity index (χ4n) is 3.85. The Labute approximate surface area is 135 Å². The lowest BCUT2D eigenvalue weighted by Crippen LogP contribution is -2.45. The molecule has 4 nitrogen and oxygen atoms in total. The highest BCUT2D eigenvalue weighted by molar-refractivity contribution is 6.30. The van der Waals surface area contributed by atoms with Gasteiger partial charge in [-0.05, 0) is 37.0 Å². The van der Waals surface area contributed by atoms with Crippen molar-refractivity contribution in [3.63, 3.8) is 0 Å². The summed E-state index contributed by atoms with van der Waals surface area (Å²) in [7, 11) is 0. The molecule has 1 aliphatic carbocycles. The zero-order chi connectivity index (χ0) is 15.7. The van der Waals surface area contributed by atoms with Gasteiger partial charge in [-0.3, -0.25) is 9.59 Å². The highest BCUT2D eigenvalue weighted by Crippen LogP contribution is 2.43. The Morgan fingerprint density at radius 2 is 1.82 bits per heavy atom. The normalized spacial score (nSPS) is 23.7. The van der Waals surface area contributed by atoms with Crippen LogP contribution in [0.3, 0.4) is 0 Å². The molecule has 1 aromatic carbocycles. The summed E-state index contributed by atoms with van der Waals surface area (Å²) in [5.41, 5.74) is 5.98. The van der Waals surface area contributed by atoms with E-state index in [1.807, 2.05) is 29.2 Å². The number of halogens is 1. The monoisotopic (exact) mass is 320 g/mol. The van der Waals surface area contributed by atoms with Gasteiger partial charge in [0.2, 0.25) is 11.8 Å². The fraction of sp³-hybridized carbons (Fsp3) is 0.529. The van der Waals surface area contributed by atoms with Crippen molar-refractivity contribution in [1.82, 2.24) is 4.90 Å². The molecule has 1 saturated carbocycles. The molecule has 1 aliphatic heterocycles. The van der Waals surface area contributed by atoms with Crippen molar-refractivity contribution in [2.24, 2.45) is 11.7 Å². The summed E-state index contributed by atoms with van der Waals surface area (Å²) in [4.78, 5) is 26.3. The van der Waals surface area contributed by atoms with E-state index in [1.165, 1.54) is 0 Å². The van der Waals surface area contributed by atoms with Crippen LogP contribution in [0.25, 0.3) is 0 Å². The zero-order valence-corrected chi connectivity index (χ0v) is 13.3. The van der Waals surface area contributed by atoms with Crippen molar-refractivity contribution in [3.8, 4) is 0 Å². The summed E-state index contributed by atoms with van der Waals surface area (Å²) >= 11 is 5.98. The zero-order valence-electron chi connectivity index (χ0n) is 12.6. The molecule has 2 N–H and O–H groups in total. The molecule has 0 aromatic heterocycles. The molecular formula is C17H21ClN2O2. The summed E-state index contributed by atoms with van der Waals surface area (Å²) in [5, 5.41) is 0.680. The Kier molecular flexibility index (Phi) is 4.13. The third-order valence-electron chi connectivity index (χ3n) is 5.14. The number of hydrogen-bond acceptors (Lipinski definition) is 2. The third kappa shape index (κ3) is 2.60. The van der Waals surface area contributed by atoms with E-state index in [9.17, 15) is 9.59 Å². The highest BCUT2D eigenvalue weighted by Gasteiger charge is 2.46. The maximum absolute atomic E-state index is 13.2.